The topological polar surface area (TPSA) is 20.3 Å². The summed E-state index contributed by atoms with van der Waals surface area (Å²) in [6, 6.07) is 6.52. The molecule has 16 heavy (non-hydrogen) atoms. The van der Waals surface area contributed by atoms with E-state index in [-0.39, 0.29) is 5.92 Å². The monoisotopic (exact) mass is 217 g/mol. The van der Waals surface area contributed by atoms with Crippen LogP contribution in [0.3, 0.4) is 0 Å². The number of ketones is 1. The second-order valence-corrected chi connectivity index (χ2v) is 4.85. The first-order valence-corrected chi connectivity index (χ1v) is 5.93. The van der Waals surface area contributed by atoms with Crippen molar-refractivity contribution in [1.29, 1.82) is 0 Å². The number of hydrogen-bond donors (Lipinski definition) is 0. The van der Waals surface area contributed by atoms with Gasteiger partial charge in [0.1, 0.15) is 5.78 Å². The summed E-state index contributed by atoms with van der Waals surface area (Å²) in [6.45, 7) is 8.01. The Bertz CT molecular complexity index is 411. The van der Waals surface area contributed by atoms with Crippen LogP contribution in [0.2, 0.25) is 0 Å². The van der Waals surface area contributed by atoms with Gasteiger partial charge in [0.2, 0.25) is 0 Å². The van der Waals surface area contributed by atoms with Crippen LogP contribution < -0.4 is 4.90 Å². The molecule has 1 saturated heterocycles. The number of anilines is 1. The minimum atomic E-state index is 0.175. The Hall–Kier alpha value is -1.31. The van der Waals surface area contributed by atoms with Crippen LogP contribution in [0.15, 0.2) is 18.2 Å². The maximum Gasteiger partial charge on any atom is 0.139 e. The van der Waals surface area contributed by atoms with Gasteiger partial charge < -0.3 is 4.90 Å². The Balaban J connectivity index is 2.21. The summed E-state index contributed by atoms with van der Waals surface area (Å²) in [6.07, 6.45) is 0.689. The van der Waals surface area contributed by atoms with E-state index in [0.29, 0.717) is 12.2 Å². The molecule has 1 unspecified atom stereocenters. The van der Waals surface area contributed by atoms with E-state index in [9.17, 15) is 4.79 Å². The summed E-state index contributed by atoms with van der Waals surface area (Å²) in [5.41, 5.74) is 3.88. The van der Waals surface area contributed by atoms with Gasteiger partial charge in [-0.2, -0.15) is 0 Å². The number of rotatable bonds is 1. The van der Waals surface area contributed by atoms with Crippen LogP contribution >= 0.6 is 0 Å². The average molecular weight is 217 g/mol. The average Bonchev–Trinajstić information content (AvgIpc) is 2.22. The van der Waals surface area contributed by atoms with Crippen molar-refractivity contribution in [3.63, 3.8) is 0 Å². The molecule has 2 heteroatoms. The molecule has 0 aliphatic carbocycles. The fourth-order valence-electron chi connectivity index (χ4n) is 2.39. The standard InChI is InChI=1S/C14H19NO/c1-10-4-5-13(11(2)8-10)15-7-6-14(16)12(3)9-15/h4-5,8,12H,6-7,9H2,1-3H3. The molecular formula is C14H19NO. The van der Waals surface area contributed by atoms with Crippen molar-refractivity contribution < 1.29 is 4.79 Å². The molecule has 0 spiro atoms. The molecule has 0 aromatic heterocycles. The van der Waals surface area contributed by atoms with Crippen LogP contribution in [0.4, 0.5) is 5.69 Å². The molecule has 1 heterocycles. The molecule has 0 N–H and O–H groups in total. The lowest BCUT2D eigenvalue weighted by molar-refractivity contribution is -0.122. The molecule has 1 atom stereocenters. The Morgan fingerprint density at radius 2 is 2.06 bits per heavy atom. The third-order valence-corrected chi connectivity index (χ3v) is 3.36. The predicted molar refractivity (Wildman–Crippen MR) is 66.9 cm³/mol. The highest BCUT2D eigenvalue weighted by atomic mass is 16.1. The van der Waals surface area contributed by atoms with Crippen molar-refractivity contribution in [1.82, 2.24) is 0 Å². The van der Waals surface area contributed by atoms with Crippen molar-refractivity contribution in [2.45, 2.75) is 27.2 Å². The normalized spacial score (nSPS) is 21.3. The summed E-state index contributed by atoms with van der Waals surface area (Å²) in [4.78, 5) is 13.8. The number of nitrogens with zero attached hydrogens (tertiary/aromatic N) is 1. The second-order valence-electron chi connectivity index (χ2n) is 4.85. The van der Waals surface area contributed by atoms with Crippen LogP contribution in [0, 0.1) is 19.8 Å². The molecule has 1 aliphatic rings. The van der Waals surface area contributed by atoms with Crippen molar-refractivity contribution in [2.24, 2.45) is 5.92 Å². The van der Waals surface area contributed by atoms with Gasteiger partial charge in [-0.25, -0.2) is 0 Å². The lowest BCUT2D eigenvalue weighted by atomic mass is 9.97. The molecule has 0 radical (unpaired) electrons. The first-order valence-electron chi connectivity index (χ1n) is 5.93. The number of hydrogen-bond acceptors (Lipinski definition) is 2. The van der Waals surface area contributed by atoms with Gasteiger partial charge in [0.25, 0.3) is 0 Å². The third-order valence-electron chi connectivity index (χ3n) is 3.36. The molecule has 2 nitrogen and oxygen atoms in total. The number of piperidine rings is 1. The Labute approximate surface area is 97.3 Å². The van der Waals surface area contributed by atoms with E-state index >= 15 is 0 Å². The quantitative estimate of drug-likeness (QED) is 0.721. The lowest BCUT2D eigenvalue weighted by Crippen LogP contribution is -2.39. The summed E-state index contributed by atoms with van der Waals surface area (Å²) in [7, 11) is 0. The molecule has 2 rings (SSSR count). The first kappa shape index (κ1) is 11.2. The molecule has 1 aromatic rings. The fourth-order valence-corrected chi connectivity index (χ4v) is 2.39. The van der Waals surface area contributed by atoms with Gasteiger partial charge >= 0.3 is 0 Å². The first-order chi connectivity index (χ1) is 7.58. The number of benzene rings is 1. The van der Waals surface area contributed by atoms with Crippen LogP contribution in [-0.2, 0) is 4.79 Å². The van der Waals surface area contributed by atoms with Crippen LogP contribution in [0.1, 0.15) is 24.5 Å². The molecule has 86 valence electrons. The largest absolute Gasteiger partial charge is 0.370 e. The Morgan fingerprint density at radius 1 is 1.31 bits per heavy atom. The SMILES string of the molecule is Cc1ccc(N2CCC(=O)C(C)C2)c(C)c1. The van der Waals surface area contributed by atoms with Crippen LogP contribution in [0.5, 0.6) is 0 Å². The van der Waals surface area contributed by atoms with Crippen LogP contribution in [0.25, 0.3) is 0 Å². The van der Waals surface area contributed by atoms with E-state index in [1.54, 1.807) is 0 Å². The molecule has 0 saturated carbocycles. The highest BCUT2D eigenvalue weighted by Crippen LogP contribution is 2.25. The van der Waals surface area contributed by atoms with Gasteiger partial charge in [-0.05, 0) is 25.5 Å². The van der Waals surface area contributed by atoms with E-state index in [1.807, 2.05) is 6.92 Å². The Morgan fingerprint density at radius 3 is 2.69 bits per heavy atom. The highest BCUT2D eigenvalue weighted by molar-refractivity contribution is 5.83. The fraction of sp³-hybridized carbons (Fsp3) is 0.500. The molecule has 1 aliphatic heterocycles. The van der Waals surface area contributed by atoms with E-state index < -0.39 is 0 Å². The zero-order valence-corrected chi connectivity index (χ0v) is 10.3. The van der Waals surface area contributed by atoms with E-state index in [4.69, 9.17) is 0 Å². The van der Waals surface area contributed by atoms with Gasteiger partial charge in [-0.1, -0.05) is 24.6 Å². The minimum Gasteiger partial charge on any atom is -0.370 e. The summed E-state index contributed by atoms with van der Waals surface area (Å²) < 4.78 is 0. The number of carbonyl (C=O) groups excluding carboxylic acids is 1. The summed E-state index contributed by atoms with van der Waals surface area (Å²) in [5, 5.41) is 0. The molecule has 1 aromatic carbocycles. The van der Waals surface area contributed by atoms with Gasteiger partial charge in [-0.15, -0.1) is 0 Å². The second kappa shape index (κ2) is 4.28. The Kier molecular flexibility index (Phi) is 2.99. The number of Topliss-reactive ketones (excluding diaryl/α,β-unsaturated/α-hetero) is 1. The smallest absolute Gasteiger partial charge is 0.139 e. The lowest BCUT2D eigenvalue weighted by Gasteiger charge is -2.33. The van der Waals surface area contributed by atoms with Crippen LogP contribution in [-0.4, -0.2) is 18.9 Å². The predicted octanol–water partition coefficient (Wildman–Crippen LogP) is 2.72. The van der Waals surface area contributed by atoms with Crippen molar-refractivity contribution in [2.75, 3.05) is 18.0 Å². The van der Waals surface area contributed by atoms with Crippen molar-refractivity contribution in [3.8, 4) is 0 Å². The van der Waals surface area contributed by atoms with E-state index in [1.165, 1.54) is 16.8 Å². The highest BCUT2D eigenvalue weighted by Gasteiger charge is 2.24. The van der Waals surface area contributed by atoms with Gasteiger partial charge in [-0.3, -0.25) is 4.79 Å². The van der Waals surface area contributed by atoms with E-state index in [2.05, 4.69) is 36.9 Å². The maximum absolute atomic E-state index is 11.5. The molecule has 0 amide bonds. The number of aryl methyl sites for hydroxylation is 2. The number of carbonyl (C=O) groups is 1. The zero-order valence-electron chi connectivity index (χ0n) is 10.3. The van der Waals surface area contributed by atoms with E-state index in [0.717, 1.165) is 13.1 Å². The van der Waals surface area contributed by atoms with Gasteiger partial charge in [0.15, 0.2) is 0 Å². The van der Waals surface area contributed by atoms with Crippen molar-refractivity contribution >= 4 is 11.5 Å². The molecular weight excluding hydrogens is 198 g/mol. The summed E-state index contributed by atoms with van der Waals surface area (Å²) >= 11 is 0. The molecule has 0 bridgehead atoms. The van der Waals surface area contributed by atoms with Gasteiger partial charge in [0.05, 0.1) is 0 Å². The molecule has 1 fully saturated rings. The maximum atomic E-state index is 11.5. The zero-order chi connectivity index (χ0) is 11.7. The van der Waals surface area contributed by atoms with Crippen molar-refractivity contribution in [3.05, 3.63) is 29.3 Å². The minimum absolute atomic E-state index is 0.175. The third kappa shape index (κ3) is 2.11. The summed E-state index contributed by atoms with van der Waals surface area (Å²) in [5.74, 6) is 0.579. The van der Waals surface area contributed by atoms with Gasteiger partial charge in [0, 0.05) is 31.1 Å².